The summed E-state index contributed by atoms with van der Waals surface area (Å²) in [6.07, 6.45) is 3.56. The third-order valence-electron chi connectivity index (χ3n) is 2.64. The van der Waals surface area contributed by atoms with Crippen molar-refractivity contribution in [1.29, 1.82) is 0 Å². The van der Waals surface area contributed by atoms with E-state index in [0.717, 1.165) is 22.7 Å². The molecule has 2 rings (SSSR count). The number of hydrogen-bond donors (Lipinski definition) is 1. The Labute approximate surface area is 110 Å². The number of nitrogens with zero attached hydrogens (tertiary/aromatic N) is 1. The van der Waals surface area contributed by atoms with Gasteiger partial charge in [0.25, 0.3) is 0 Å². The van der Waals surface area contributed by atoms with E-state index in [0.29, 0.717) is 0 Å². The summed E-state index contributed by atoms with van der Waals surface area (Å²) in [5, 5.41) is 9.70. The molecule has 1 aromatic carbocycles. The Balaban J connectivity index is 1.94. The van der Waals surface area contributed by atoms with Gasteiger partial charge in [-0.25, -0.2) is 4.98 Å². The summed E-state index contributed by atoms with van der Waals surface area (Å²) in [4.78, 5) is 15.7. The van der Waals surface area contributed by atoms with Crippen LogP contribution in [-0.4, -0.2) is 16.1 Å². The fraction of sp³-hybridized carbons (Fsp3) is 0.286. The average Bonchev–Trinajstić information content (AvgIpc) is 2.73. The summed E-state index contributed by atoms with van der Waals surface area (Å²) in [5.74, 6) is -0.802. The molecular weight excluding hydrogens is 246 g/mol. The van der Waals surface area contributed by atoms with Crippen molar-refractivity contribution in [2.45, 2.75) is 26.2 Å². The fourth-order valence-electron chi connectivity index (χ4n) is 1.81. The lowest BCUT2D eigenvalue weighted by Crippen LogP contribution is -1.97. The molecular formula is C14H15NO2S. The highest BCUT2D eigenvalue weighted by molar-refractivity contribution is 7.11. The molecule has 4 heteroatoms. The Bertz CT molecular complexity index is 548. The van der Waals surface area contributed by atoms with E-state index >= 15 is 0 Å². The number of benzene rings is 1. The van der Waals surface area contributed by atoms with Gasteiger partial charge in [0.05, 0.1) is 11.4 Å². The highest BCUT2D eigenvalue weighted by atomic mass is 32.1. The van der Waals surface area contributed by atoms with Crippen LogP contribution in [0.4, 0.5) is 0 Å². The number of carboxylic acids is 1. The van der Waals surface area contributed by atoms with Crippen LogP contribution in [0, 0.1) is 6.92 Å². The third kappa shape index (κ3) is 3.67. The monoisotopic (exact) mass is 261 g/mol. The summed E-state index contributed by atoms with van der Waals surface area (Å²) in [7, 11) is 0. The summed E-state index contributed by atoms with van der Waals surface area (Å²) in [6, 6.07) is 8.42. The van der Waals surface area contributed by atoms with Crippen molar-refractivity contribution < 1.29 is 9.90 Å². The zero-order valence-electron chi connectivity index (χ0n) is 10.2. The molecule has 0 bridgehead atoms. The standard InChI is InChI=1S/C14H15NO2S/c1-10-3-2-4-11(7-10)5-6-13-15-9-12(18-13)8-14(16)17/h2-4,7,9H,5-6,8H2,1H3,(H,16,17). The molecule has 0 saturated carbocycles. The van der Waals surface area contributed by atoms with E-state index in [9.17, 15) is 4.79 Å². The first-order valence-electron chi connectivity index (χ1n) is 5.84. The maximum absolute atomic E-state index is 10.6. The van der Waals surface area contributed by atoms with Crippen LogP contribution in [0.15, 0.2) is 30.5 Å². The lowest BCUT2D eigenvalue weighted by atomic mass is 10.1. The van der Waals surface area contributed by atoms with Crippen molar-refractivity contribution in [2.75, 3.05) is 0 Å². The van der Waals surface area contributed by atoms with Crippen molar-refractivity contribution in [3.63, 3.8) is 0 Å². The van der Waals surface area contributed by atoms with E-state index in [4.69, 9.17) is 5.11 Å². The summed E-state index contributed by atoms with van der Waals surface area (Å²) >= 11 is 1.49. The number of aryl methyl sites for hydroxylation is 3. The van der Waals surface area contributed by atoms with Crippen molar-refractivity contribution >= 4 is 17.3 Å². The van der Waals surface area contributed by atoms with Gasteiger partial charge in [0.15, 0.2) is 0 Å². The second-order valence-electron chi connectivity index (χ2n) is 4.28. The number of carboxylic acid groups (broad SMARTS) is 1. The van der Waals surface area contributed by atoms with Gasteiger partial charge in [0.2, 0.25) is 0 Å². The van der Waals surface area contributed by atoms with Gasteiger partial charge in [0, 0.05) is 17.5 Å². The van der Waals surface area contributed by atoms with Gasteiger partial charge in [-0.2, -0.15) is 0 Å². The number of carbonyl (C=O) groups is 1. The Morgan fingerprint density at radius 3 is 2.94 bits per heavy atom. The molecule has 94 valence electrons. The van der Waals surface area contributed by atoms with Crippen LogP contribution in [0.1, 0.15) is 21.0 Å². The zero-order chi connectivity index (χ0) is 13.0. The molecule has 2 aromatic rings. The molecule has 0 aliphatic rings. The van der Waals surface area contributed by atoms with Gasteiger partial charge in [-0.15, -0.1) is 11.3 Å². The number of rotatable bonds is 5. The van der Waals surface area contributed by atoms with E-state index in [1.54, 1.807) is 6.20 Å². The maximum Gasteiger partial charge on any atom is 0.308 e. The second kappa shape index (κ2) is 5.78. The molecule has 0 aliphatic heterocycles. The Morgan fingerprint density at radius 1 is 1.39 bits per heavy atom. The van der Waals surface area contributed by atoms with Crippen LogP contribution < -0.4 is 0 Å². The SMILES string of the molecule is Cc1cccc(CCc2ncc(CC(=O)O)s2)c1. The third-order valence-corrected chi connectivity index (χ3v) is 3.69. The van der Waals surface area contributed by atoms with Crippen LogP contribution in [-0.2, 0) is 24.1 Å². The smallest absolute Gasteiger partial charge is 0.308 e. The minimum atomic E-state index is -0.802. The lowest BCUT2D eigenvalue weighted by molar-refractivity contribution is -0.136. The highest BCUT2D eigenvalue weighted by Gasteiger charge is 2.06. The van der Waals surface area contributed by atoms with E-state index in [2.05, 4.69) is 36.2 Å². The van der Waals surface area contributed by atoms with Gasteiger partial charge in [-0.1, -0.05) is 29.8 Å². The number of thiazole rings is 1. The summed E-state index contributed by atoms with van der Waals surface area (Å²) in [5.41, 5.74) is 2.56. The van der Waals surface area contributed by atoms with Gasteiger partial charge >= 0.3 is 5.97 Å². The Kier molecular flexibility index (Phi) is 4.10. The van der Waals surface area contributed by atoms with E-state index in [1.165, 1.54) is 22.5 Å². The van der Waals surface area contributed by atoms with E-state index in [1.807, 2.05) is 0 Å². The van der Waals surface area contributed by atoms with Gasteiger partial charge in [-0.3, -0.25) is 4.79 Å². The van der Waals surface area contributed by atoms with Crippen molar-refractivity contribution in [3.8, 4) is 0 Å². The molecule has 0 radical (unpaired) electrons. The molecule has 0 saturated heterocycles. The first-order chi connectivity index (χ1) is 8.63. The maximum atomic E-state index is 10.6. The average molecular weight is 261 g/mol. The predicted molar refractivity (Wildman–Crippen MR) is 72.0 cm³/mol. The quantitative estimate of drug-likeness (QED) is 0.900. The van der Waals surface area contributed by atoms with Crippen molar-refractivity contribution in [2.24, 2.45) is 0 Å². The molecule has 1 aromatic heterocycles. The predicted octanol–water partition coefficient (Wildman–Crippen LogP) is 2.86. The van der Waals surface area contributed by atoms with E-state index < -0.39 is 5.97 Å². The molecule has 0 unspecified atom stereocenters. The molecule has 0 fully saturated rings. The molecule has 0 spiro atoms. The lowest BCUT2D eigenvalue weighted by Gasteiger charge is -2.00. The molecule has 18 heavy (non-hydrogen) atoms. The largest absolute Gasteiger partial charge is 0.481 e. The molecule has 0 aliphatic carbocycles. The first kappa shape index (κ1) is 12.8. The van der Waals surface area contributed by atoms with Crippen molar-refractivity contribution in [3.05, 3.63) is 51.5 Å². The zero-order valence-corrected chi connectivity index (χ0v) is 11.0. The first-order valence-corrected chi connectivity index (χ1v) is 6.66. The minimum Gasteiger partial charge on any atom is -0.481 e. The second-order valence-corrected chi connectivity index (χ2v) is 5.48. The van der Waals surface area contributed by atoms with Gasteiger partial charge < -0.3 is 5.11 Å². The van der Waals surface area contributed by atoms with Gasteiger partial charge in [-0.05, 0) is 18.9 Å². The molecule has 1 heterocycles. The Morgan fingerprint density at radius 2 is 2.22 bits per heavy atom. The van der Waals surface area contributed by atoms with Crippen LogP contribution in [0.25, 0.3) is 0 Å². The van der Waals surface area contributed by atoms with Crippen molar-refractivity contribution in [1.82, 2.24) is 4.98 Å². The summed E-state index contributed by atoms with van der Waals surface area (Å²) in [6.45, 7) is 2.08. The normalized spacial score (nSPS) is 10.5. The molecule has 1 N–H and O–H groups in total. The molecule has 3 nitrogen and oxygen atoms in total. The van der Waals surface area contributed by atoms with Crippen LogP contribution in [0.3, 0.4) is 0 Å². The summed E-state index contributed by atoms with van der Waals surface area (Å²) < 4.78 is 0. The van der Waals surface area contributed by atoms with Crippen LogP contribution >= 0.6 is 11.3 Å². The highest BCUT2D eigenvalue weighted by Crippen LogP contribution is 2.16. The Hall–Kier alpha value is -1.68. The van der Waals surface area contributed by atoms with Crippen LogP contribution in [0.5, 0.6) is 0 Å². The topological polar surface area (TPSA) is 50.2 Å². The number of hydrogen-bond acceptors (Lipinski definition) is 3. The molecule has 0 amide bonds. The van der Waals surface area contributed by atoms with Crippen LogP contribution in [0.2, 0.25) is 0 Å². The van der Waals surface area contributed by atoms with E-state index in [-0.39, 0.29) is 6.42 Å². The number of aliphatic carboxylic acids is 1. The van der Waals surface area contributed by atoms with Gasteiger partial charge in [0.1, 0.15) is 0 Å². The minimum absolute atomic E-state index is 0.0715. The number of aromatic nitrogens is 1. The molecule has 0 atom stereocenters. The fourth-order valence-corrected chi connectivity index (χ4v) is 2.73.